The van der Waals surface area contributed by atoms with Crippen LogP contribution in [0.5, 0.6) is 0 Å². The largest absolute Gasteiger partial charge is 0.378 e. The summed E-state index contributed by atoms with van der Waals surface area (Å²) < 4.78 is 0. The number of likely N-dealkylation sites (tertiary alicyclic amines) is 1. The van der Waals surface area contributed by atoms with Crippen LogP contribution in [0, 0.1) is 5.92 Å². The summed E-state index contributed by atoms with van der Waals surface area (Å²) in [5.41, 5.74) is 1.87. The SMILES string of the molecule is O=C(Nc1n[nH]c(-c2ccccn2)n1)C1CC(O)N(CCc2ccccc2)C1. The Hall–Kier alpha value is -3.10. The summed E-state index contributed by atoms with van der Waals surface area (Å²) in [5, 5.41) is 19.8. The topological polar surface area (TPSA) is 107 Å². The van der Waals surface area contributed by atoms with Gasteiger partial charge in [-0.2, -0.15) is 4.98 Å². The summed E-state index contributed by atoms with van der Waals surface area (Å²) in [6, 6.07) is 15.6. The van der Waals surface area contributed by atoms with Crippen LogP contribution in [0.2, 0.25) is 0 Å². The third-order valence-electron chi connectivity index (χ3n) is 4.90. The van der Waals surface area contributed by atoms with E-state index in [0.717, 1.165) is 6.42 Å². The number of hydrogen-bond donors (Lipinski definition) is 3. The summed E-state index contributed by atoms with van der Waals surface area (Å²) in [6.45, 7) is 1.22. The van der Waals surface area contributed by atoms with Gasteiger partial charge < -0.3 is 5.11 Å². The zero-order valence-electron chi connectivity index (χ0n) is 15.3. The predicted octanol–water partition coefficient (Wildman–Crippen LogP) is 1.69. The second-order valence-corrected chi connectivity index (χ2v) is 6.86. The molecule has 0 saturated carbocycles. The molecule has 0 radical (unpaired) electrons. The molecular formula is C20H22N6O2. The van der Waals surface area contributed by atoms with Crippen LogP contribution in [0.3, 0.4) is 0 Å². The molecule has 3 heterocycles. The van der Waals surface area contributed by atoms with Crippen LogP contribution in [-0.2, 0) is 11.2 Å². The smallest absolute Gasteiger partial charge is 0.249 e. The fraction of sp³-hybridized carbons (Fsp3) is 0.300. The number of carbonyl (C=O) groups is 1. The Morgan fingerprint density at radius 3 is 2.82 bits per heavy atom. The van der Waals surface area contributed by atoms with Gasteiger partial charge in [-0.1, -0.05) is 36.4 Å². The van der Waals surface area contributed by atoms with Gasteiger partial charge >= 0.3 is 0 Å². The van der Waals surface area contributed by atoms with Gasteiger partial charge in [-0.15, -0.1) is 5.10 Å². The number of aromatic amines is 1. The molecule has 2 unspecified atom stereocenters. The van der Waals surface area contributed by atoms with E-state index in [0.29, 0.717) is 31.0 Å². The summed E-state index contributed by atoms with van der Waals surface area (Å²) in [5.74, 6) is 0.213. The Labute approximate surface area is 162 Å². The van der Waals surface area contributed by atoms with Gasteiger partial charge in [0.25, 0.3) is 0 Å². The van der Waals surface area contributed by atoms with Crippen LogP contribution in [0.25, 0.3) is 11.5 Å². The van der Waals surface area contributed by atoms with Crippen molar-refractivity contribution in [3.05, 3.63) is 60.3 Å². The molecule has 0 aliphatic carbocycles. The molecule has 1 saturated heterocycles. The van der Waals surface area contributed by atoms with Crippen molar-refractivity contribution in [2.45, 2.75) is 19.1 Å². The molecular weight excluding hydrogens is 356 g/mol. The maximum Gasteiger partial charge on any atom is 0.249 e. The fourth-order valence-corrected chi connectivity index (χ4v) is 3.38. The molecule has 3 N–H and O–H groups in total. The first kappa shape index (κ1) is 18.3. The predicted molar refractivity (Wildman–Crippen MR) is 104 cm³/mol. The molecule has 1 aliphatic heterocycles. The summed E-state index contributed by atoms with van der Waals surface area (Å²) in [7, 11) is 0. The van der Waals surface area contributed by atoms with E-state index < -0.39 is 6.23 Å². The highest BCUT2D eigenvalue weighted by atomic mass is 16.3. The number of pyridine rings is 1. The lowest BCUT2D eigenvalue weighted by Crippen LogP contribution is -2.32. The normalized spacial score (nSPS) is 19.6. The van der Waals surface area contributed by atoms with Crippen molar-refractivity contribution in [3.8, 4) is 11.5 Å². The third-order valence-corrected chi connectivity index (χ3v) is 4.90. The molecule has 8 nitrogen and oxygen atoms in total. The number of nitrogens with one attached hydrogen (secondary N) is 2. The van der Waals surface area contributed by atoms with Gasteiger partial charge in [0, 0.05) is 19.3 Å². The number of amides is 1. The molecule has 1 aliphatic rings. The van der Waals surface area contributed by atoms with Gasteiger partial charge in [-0.25, -0.2) is 0 Å². The molecule has 8 heteroatoms. The lowest BCUT2D eigenvalue weighted by atomic mass is 10.1. The second kappa shape index (κ2) is 8.28. The van der Waals surface area contributed by atoms with Crippen LogP contribution in [0.4, 0.5) is 5.95 Å². The maximum atomic E-state index is 12.6. The standard InChI is InChI=1S/C20H22N6O2/c27-17-12-15(13-26(17)11-9-14-6-2-1-3-7-14)19(28)23-20-22-18(24-25-20)16-8-4-5-10-21-16/h1-8,10,15,17,27H,9,11-13H2,(H2,22,23,24,25,28). The van der Waals surface area contributed by atoms with E-state index in [2.05, 4.69) is 37.6 Å². The molecule has 4 rings (SSSR count). The average molecular weight is 378 g/mol. The van der Waals surface area contributed by atoms with Crippen LogP contribution >= 0.6 is 0 Å². The van der Waals surface area contributed by atoms with E-state index in [1.165, 1.54) is 5.56 Å². The van der Waals surface area contributed by atoms with Crippen molar-refractivity contribution in [2.75, 3.05) is 18.4 Å². The number of carbonyl (C=O) groups excluding carboxylic acids is 1. The molecule has 1 fully saturated rings. The van der Waals surface area contributed by atoms with Gasteiger partial charge in [0.2, 0.25) is 11.9 Å². The lowest BCUT2D eigenvalue weighted by molar-refractivity contribution is -0.119. The van der Waals surface area contributed by atoms with Crippen molar-refractivity contribution in [1.29, 1.82) is 0 Å². The first-order valence-corrected chi connectivity index (χ1v) is 9.30. The first-order chi connectivity index (χ1) is 13.7. The highest BCUT2D eigenvalue weighted by Gasteiger charge is 2.35. The molecule has 0 spiro atoms. The Morgan fingerprint density at radius 1 is 1.21 bits per heavy atom. The van der Waals surface area contributed by atoms with E-state index in [-0.39, 0.29) is 17.8 Å². The van der Waals surface area contributed by atoms with Gasteiger partial charge in [0.05, 0.1) is 5.92 Å². The van der Waals surface area contributed by atoms with Crippen molar-refractivity contribution < 1.29 is 9.90 Å². The molecule has 28 heavy (non-hydrogen) atoms. The van der Waals surface area contributed by atoms with Gasteiger partial charge in [0.1, 0.15) is 11.9 Å². The summed E-state index contributed by atoms with van der Waals surface area (Å²) in [6.07, 6.45) is 2.29. The average Bonchev–Trinajstić information content (AvgIpc) is 3.34. The number of anilines is 1. The summed E-state index contributed by atoms with van der Waals surface area (Å²) >= 11 is 0. The van der Waals surface area contributed by atoms with E-state index in [4.69, 9.17) is 0 Å². The molecule has 2 aromatic heterocycles. The monoisotopic (exact) mass is 378 g/mol. The Balaban J connectivity index is 1.32. The molecule has 0 bridgehead atoms. The zero-order valence-corrected chi connectivity index (χ0v) is 15.3. The fourth-order valence-electron chi connectivity index (χ4n) is 3.38. The minimum absolute atomic E-state index is 0.187. The number of aromatic nitrogens is 4. The molecule has 2 atom stereocenters. The number of rotatable bonds is 6. The van der Waals surface area contributed by atoms with Crippen LogP contribution in [-0.4, -0.2) is 55.4 Å². The Kier molecular flexibility index (Phi) is 5.41. The lowest BCUT2D eigenvalue weighted by Gasteiger charge is -2.19. The van der Waals surface area contributed by atoms with Crippen molar-refractivity contribution in [2.24, 2.45) is 5.92 Å². The van der Waals surface area contributed by atoms with Gasteiger partial charge in [-0.3, -0.25) is 25.1 Å². The van der Waals surface area contributed by atoms with Crippen molar-refractivity contribution >= 4 is 11.9 Å². The minimum Gasteiger partial charge on any atom is -0.378 e. The third kappa shape index (κ3) is 4.24. The Morgan fingerprint density at radius 2 is 2.04 bits per heavy atom. The quantitative estimate of drug-likeness (QED) is 0.603. The number of hydrogen-bond acceptors (Lipinski definition) is 6. The van der Waals surface area contributed by atoms with E-state index in [9.17, 15) is 9.90 Å². The highest BCUT2D eigenvalue weighted by molar-refractivity contribution is 5.91. The molecule has 1 amide bonds. The van der Waals surface area contributed by atoms with E-state index in [1.54, 1.807) is 6.20 Å². The van der Waals surface area contributed by atoms with Crippen molar-refractivity contribution in [1.82, 2.24) is 25.1 Å². The first-order valence-electron chi connectivity index (χ1n) is 9.30. The molecule has 1 aromatic carbocycles. The molecule has 144 valence electrons. The number of H-pyrrole nitrogens is 1. The Bertz CT molecular complexity index is 915. The van der Waals surface area contributed by atoms with Crippen molar-refractivity contribution in [3.63, 3.8) is 0 Å². The number of aliphatic hydroxyl groups excluding tert-OH is 1. The maximum absolute atomic E-state index is 12.6. The zero-order chi connectivity index (χ0) is 19.3. The van der Waals surface area contributed by atoms with Crippen LogP contribution < -0.4 is 5.32 Å². The summed E-state index contributed by atoms with van der Waals surface area (Å²) in [4.78, 5) is 23.0. The highest BCUT2D eigenvalue weighted by Crippen LogP contribution is 2.23. The van der Waals surface area contributed by atoms with Crippen LogP contribution in [0.1, 0.15) is 12.0 Å². The van der Waals surface area contributed by atoms with Crippen LogP contribution in [0.15, 0.2) is 54.7 Å². The van der Waals surface area contributed by atoms with Gasteiger partial charge in [-0.05, 0) is 30.5 Å². The molecule has 3 aromatic rings. The number of aliphatic hydroxyl groups is 1. The van der Waals surface area contributed by atoms with E-state index >= 15 is 0 Å². The minimum atomic E-state index is -0.615. The second-order valence-electron chi connectivity index (χ2n) is 6.86. The van der Waals surface area contributed by atoms with Gasteiger partial charge in [0.15, 0.2) is 5.82 Å². The number of benzene rings is 1. The number of nitrogens with zero attached hydrogens (tertiary/aromatic N) is 4. The van der Waals surface area contributed by atoms with E-state index in [1.807, 2.05) is 41.3 Å².